The van der Waals surface area contributed by atoms with Gasteiger partial charge in [0.2, 0.25) is 0 Å². The molecular weight excluding hydrogens is 356 g/mol. The topological polar surface area (TPSA) is 35.5 Å². The number of fused-ring (bicyclic) bond motifs is 1. The van der Waals surface area contributed by atoms with Crippen LogP contribution >= 0.6 is 15.9 Å². The lowest BCUT2D eigenvalue weighted by atomic mass is 10.1. The van der Waals surface area contributed by atoms with Crippen molar-refractivity contribution in [1.82, 2.24) is 0 Å². The van der Waals surface area contributed by atoms with E-state index in [0.717, 1.165) is 27.1 Å². The van der Waals surface area contributed by atoms with E-state index < -0.39 is 0 Å². The number of halogens is 1. The second-order valence-electron chi connectivity index (χ2n) is 5.07. The van der Waals surface area contributed by atoms with E-state index in [9.17, 15) is 4.79 Å². The van der Waals surface area contributed by atoms with Crippen LogP contribution in [0.5, 0.6) is 11.5 Å². The summed E-state index contributed by atoms with van der Waals surface area (Å²) in [5.74, 6) is 0.986. The maximum atomic E-state index is 11.3. The first-order chi connectivity index (χ1) is 11.2. The first-order valence-electron chi connectivity index (χ1n) is 7.15. The zero-order chi connectivity index (χ0) is 16.2. The minimum absolute atomic E-state index is 0.361. The molecule has 0 aliphatic carbocycles. The van der Waals surface area contributed by atoms with E-state index in [1.54, 1.807) is 19.2 Å². The van der Waals surface area contributed by atoms with Crippen molar-refractivity contribution < 1.29 is 14.3 Å². The Morgan fingerprint density at radius 3 is 2.65 bits per heavy atom. The third-order valence-corrected chi connectivity index (χ3v) is 4.11. The summed E-state index contributed by atoms with van der Waals surface area (Å²) in [5, 5.41) is 2.30. The van der Waals surface area contributed by atoms with Crippen LogP contribution in [0, 0.1) is 0 Å². The largest absolute Gasteiger partial charge is 0.493 e. The lowest BCUT2D eigenvalue weighted by Crippen LogP contribution is -2.01. The fraction of sp³-hybridized carbons (Fsp3) is 0.105. The van der Waals surface area contributed by atoms with Crippen molar-refractivity contribution in [2.75, 3.05) is 7.11 Å². The van der Waals surface area contributed by atoms with E-state index in [1.165, 1.54) is 0 Å². The average molecular weight is 371 g/mol. The van der Waals surface area contributed by atoms with Crippen LogP contribution in [0.3, 0.4) is 0 Å². The number of hydrogen-bond acceptors (Lipinski definition) is 3. The third-order valence-electron chi connectivity index (χ3n) is 3.65. The third kappa shape index (κ3) is 3.22. The molecule has 0 aliphatic rings. The molecule has 0 heterocycles. The highest BCUT2D eigenvalue weighted by atomic mass is 79.9. The summed E-state index contributed by atoms with van der Waals surface area (Å²) < 4.78 is 12.0. The molecule has 0 saturated heterocycles. The van der Waals surface area contributed by atoms with Crippen LogP contribution in [0.15, 0.2) is 59.1 Å². The van der Waals surface area contributed by atoms with Gasteiger partial charge in [-0.3, -0.25) is 4.79 Å². The number of ether oxygens (including phenoxy) is 2. The van der Waals surface area contributed by atoms with Gasteiger partial charge >= 0.3 is 0 Å². The molecule has 0 spiro atoms. The molecule has 0 unspecified atom stereocenters. The van der Waals surface area contributed by atoms with Crippen molar-refractivity contribution in [3.8, 4) is 11.5 Å². The van der Waals surface area contributed by atoms with Crippen molar-refractivity contribution in [2.24, 2.45) is 0 Å². The zero-order valence-electron chi connectivity index (χ0n) is 12.6. The van der Waals surface area contributed by atoms with Gasteiger partial charge in [0, 0.05) is 4.47 Å². The molecule has 3 rings (SSSR count). The summed E-state index contributed by atoms with van der Waals surface area (Å²) >= 11 is 3.36. The van der Waals surface area contributed by atoms with Gasteiger partial charge in [0.05, 0.1) is 12.7 Å². The van der Waals surface area contributed by atoms with Gasteiger partial charge in [0.25, 0.3) is 0 Å². The molecule has 0 aromatic heterocycles. The standard InChI is InChI=1S/C19H15BrO3/c1-22-18-10-16(20)9-15(11-21)19(18)23-12-14-7-4-6-13-5-2-3-8-17(13)14/h2-11H,12H2,1H3. The summed E-state index contributed by atoms with van der Waals surface area (Å²) in [6.45, 7) is 0.361. The molecule has 0 saturated carbocycles. The monoisotopic (exact) mass is 370 g/mol. The van der Waals surface area contributed by atoms with Gasteiger partial charge in [-0.25, -0.2) is 0 Å². The molecule has 4 heteroatoms. The first-order valence-corrected chi connectivity index (χ1v) is 7.94. The smallest absolute Gasteiger partial charge is 0.172 e. The van der Waals surface area contributed by atoms with Crippen LogP contribution in [-0.2, 0) is 6.61 Å². The van der Waals surface area contributed by atoms with Crippen LogP contribution in [0.2, 0.25) is 0 Å². The number of aldehydes is 1. The minimum atomic E-state index is 0.361. The van der Waals surface area contributed by atoms with E-state index >= 15 is 0 Å². The number of hydrogen-bond donors (Lipinski definition) is 0. The molecule has 3 aromatic carbocycles. The summed E-state index contributed by atoms with van der Waals surface area (Å²) in [7, 11) is 1.56. The van der Waals surface area contributed by atoms with E-state index in [4.69, 9.17) is 9.47 Å². The van der Waals surface area contributed by atoms with Crippen molar-refractivity contribution in [3.05, 3.63) is 70.2 Å². The van der Waals surface area contributed by atoms with Crippen molar-refractivity contribution in [1.29, 1.82) is 0 Å². The van der Waals surface area contributed by atoms with Gasteiger partial charge in [0.15, 0.2) is 17.8 Å². The Kier molecular flexibility index (Phi) is 4.63. The predicted octanol–water partition coefficient (Wildman–Crippen LogP) is 5.00. The van der Waals surface area contributed by atoms with Crippen LogP contribution in [-0.4, -0.2) is 13.4 Å². The summed E-state index contributed by atoms with van der Waals surface area (Å²) in [5.41, 5.74) is 1.52. The number of benzene rings is 3. The van der Waals surface area contributed by atoms with Crippen molar-refractivity contribution in [2.45, 2.75) is 6.61 Å². The molecule has 116 valence electrons. The molecule has 0 N–H and O–H groups in total. The van der Waals surface area contributed by atoms with Gasteiger partial charge in [-0.1, -0.05) is 58.4 Å². The second-order valence-corrected chi connectivity index (χ2v) is 5.99. The lowest BCUT2D eigenvalue weighted by molar-refractivity contribution is 0.111. The zero-order valence-corrected chi connectivity index (χ0v) is 14.2. The molecule has 0 amide bonds. The molecule has 23 heavy (non-hydrogen) atoms. The maximum absolute atomic E-state index is 11.3. The lowest BCUT2D eigenvalue weighted by Gasteiger charge is -2.14. The number of carbonyl (C=O) groups is 1. The van der Waals surface area contributed by atoms with Crippen LogP contribution in [0.25, 0.3) is 10.8 Å². The Bertz CT molecular complexity index is 853. The molecule has 0 aliphatic heterocycles. The Morgan fingerprint density at radius 1 is 1.09 bits per heavy atom. The van der Waals surface area contributed by atoms with Crippen LogP contribution in [0.4, 0.5) is 0 Å². The van der Waals surface area contributed by atoms with E-state index in [2.05, 4.69) is 34.1 Å². The van der Waals surface area contributed by atoms with Gasteiger partial charge < -0.3 is 9.47 Å². The highest BCUT2D eigenvalue weighted by Crippen LogP contribution is 2.35. The fourth-order valence-electron chi connectivity index (χ4n) is 2.55. The number of rotatable bonds is 5. The van der Waals surface area contributed by atoms with Crippen molar-refractivity contribution in [3.63, 3.8) is 0 Å². The van der Waals surface area contributed by atoms with E-state index in [1.807, 2.05) is 24.3 Å². The van der Waals surface area contributed by atoms with Crippen molar-refractivity contribution >= 4 is 33.0 Å². The molecule has 0 bridgehead atoms. The summed E-state index contributed by atoms with van der Waals surface area (Å²) in [6.07, 6.45) is 0.770. The Hall–Kier alpha value is -2.33. The van der Waals surface area contributed by atoms with Gasteiger partial charge in [-0.2, -0.15) is 0 Å². The number of carbonyl (C=O) groups excluding carboxylic acids is 1. The molecule has 3 aromatic rings. The van der Waals surface area contributed by atoms with E-state index in [0.29, 0.717) is 23.7 Å². The second kappa shape index (κ2) is 6.84. The van der Waals surface area contributed by atoms with Crippen LogP contribution < -0.4 is 9.47 Å². The summed E-state index contributed by atoms with van der Waals surface area (Å²) in [6, 6.07) is 17.7. The molecule has 3 nitrogen and oxygen atoms in total. The highest BCUT2D eigenvalue weighted by molar-refractivity contribution is 9.10. The Labute approximate surface area is 143 Å². The summed E-state index contributed by atoms with van der Waals surface area (Å²) in [4.78, 5) is 11.3. The first kappa shape index (κ1) is 15.6. The van der Waals surface area contributed by atoms with Crippen LogP contribution in [0.1, 0.15) is 15.9 Å². The molecule has 0 fully saturated rings. The Balaban J connectivity index is 1.95. The average Bonchev–Trinajstić information content (AvgIpc) is 2.59. The molecular formula is C19H15BrO3. The SMILES string of the molecule is COc1cc(Br)cc(C=O)c1OCc1cccc2ccccc12. The maximum Gasteiger partial charge on any atom is 0.172 e. The quantitative estimate of drug-likeness (QED) is 0.592. The predicted molar refractivity (Wildman–Crippen MR) is 94.4 cm³/mol. The highest BCUT2D eigenvalue weighted by Gasteiger charge is 2.13. The van der Waals surface area contributed by atoms with Gasteiger partial charge in [0.1, 0.15) is 6.61 Å². The van der Waals surface area contributed by atoms with Gasteiger partial charge in [-0.05, 0) is 28.5 Å². The minimum Gasteiger partial charge on any atom is -0.493 e. The normalized spacial score (nSPS) is 10.5. The molecule has 0 atom stereocenters. The Morgan fingerprint density at radius 2 is 1.87 bits per heavy atom. The number of methoxy groups -OCH3 is 1. The molecule has 0 radical (unpaired) electrons. The van der Waals surface area contributed by atoms with Gasteiger partial charge in [-0.15, -0.1) is 0 Å². The van der Waals surface area contributed by atoms with E-state index in [-0.39, 0.29) is 0 Å². The fourth-order valence-corrected chi connectivity index (χ4v) is 3.01.